The van der Waals surface area contributed by atoms with Crippen LogP contribution in [0.2, 0.25) is 0 Å². The minimum Gasteiger partial charge on any atom is -0.444 e. The zero-order valence-electron chi connectivity index (χ0n) is 15.1. The molecular formula is C17H27NO5S. The third kappa shape index (κ3) is 6.88. The molecular weight excluding hydrogens is 330 g/mol. The SMILES string of the molecule is Cc1ccc(S(=O)(=O)OCC(NC(=O)OC(C)(C)C)C(C)C)cc1. The molecule has 0 fully saturated rings. The van der Waals surface area contributed by atoms with Gasteiger partial charge >= 0.3 is 6.09 Å². The summed E-state index contributed by atoms with van der Waals surface area (Å²) in [6.45, 7) is 10.7. The average molecular weight is 357 g/mol. The topological polar surface area (TPSA) is 81.7 Å². The number of alkyl carbamates (subject to hydrolysis) is 1. The van der Waals surface area contributed by atoms with Crippen molar-refractivity contribution in [2.75, 3.05) is 6.61 Å². The molecule has 1 rings (SSSR count). The van der Waals surface area contributed by atoms with Gasteiger partial charge in [0.05, 0.1) is 17.5 Å². The Kier molecular flexibility index (Phi) is 6.80. The molecule has 0 aliphatic heterocycles. The second kappa shape index (κ2) is 7.98. The Morgan fingerprint density at radius 1 is 1.17 bits per heavy atom. The predicted molar refractivity (Wildman–Crippen MR) is 92.3 cm³/mol. The van der Waals surface area contributed by atoms with Crippen molar-refractivity contribution in [3.63, 3.8) is 0 Å². The first-order valence-corrected chi connectivity index (χ1v) is 9.27. The first-order valence-electron chi connectivity index (χ1n) is 7.86. The molecule has 0 heterocycles. The van der Waals surface area contributed by atoms with Gasteiger partial charge in [0.25, 0.3) is 10.1 Å². The van der Waals surface area contributed by atoms with Crippen molar-refractivity contribution in [3.8, 4) is 0 Å². The molecule has 0 saturated carbocycles. The molecule has 0 bridgehead atoms. The highest BCUT2D eigenvalue weighted by atomic mass is 32.2. The molecule has 1 amide bonds. The molecule has 0 spiro atoms. The van der Waals surface area contributed by atoms with Crippen molar-refractivity contribution in [1.29, 1.82) is 0 Å². The van der Waals surface area contributed by atoms with Crippen LogP contribution in [0, 0.1) is 12.8 Å². The lowest BCUT2D eigenvalue weighted by molar-refractivity contribution is 0.0469. The molecule has 1 unspecified atom stereocenters. The molecule has 0 aliphatic carbocycles. The van der Waals surface area contributed by atoms with Gasteiger partial charge in [-0.05, 0) is 45.7 Å². The molecule has 6 nitrogen and oxygen atoms in total. The number of aryl methyl sites for hydroxylation is 1. The summed E-state index contributed by atoms with van der Waals surface area (Å²) in [6.07, 6.45) is -0.600. The average Bonchev–Trinajstić information content (AvgIpc) is 2.41. The molecule has 0 saturated heterocycles. The van der Waals surface area contributed by atoms with Crippen LogP contribution >= 0.6 is 0 Å². The van der Waals surface area contributed by atoms with Crippen molar-refractivity contribution < 1.29 is 22.1 Å². The third-order valence-electron chi connectivity index (χ3n) is 3.22. The number of carbonyl (C=O) groups excluding carboxylic acids is 1. The van der Waals surface area contributed by atoms with Gasteiger partial charge in [-0.1, -0.05) is 31.5 Å². The number of hydrogen-bond donors (Lipinski definition) is 1. The first-order chi connectivity index (χ1) is 10.9. The summed E-state index contributed by atoms with van der Waals surface area (Å²) in [4.78, 5) is 12.0. The summed E-state index contributed by atoms with van der Waals surface area (Å²) < 4.78 is 34.7. The number of rotatable bonds is 6. The van der Waals surface area contributed by atoms with E-state index in [2.05, 4.69) is 5.32 Å². The zero-order valence-corrected chi connectivity index (χ0v) is 15.9. The minimum atomic E-state index is -3.87. The fraction of sp³-hybridized carbons (Fsp3) is 0.588. The molecule has 136 valence electrons. The maximum atomic E-state index is 12.2. The van der Waals surface area contributed by atoms with E-state index in [1.165, 1.54) is 12.1 Å². The summed E-state index contributed by atoms with van der Waals surface area (Å²) in [5.41, 5.74) is 0.334. The van der Waals surface area contributed by atoms with Crippen LogP contribution in [-0.2, 0) is 19.0 Å². The van der Waals surface area contributed by atoms with E-state index in [4.69, 9.17) is 8.92 Å². The Labute approximate surface area is 144 Å². The summed E-state index contributed by atoms with van der Waals surface area (Å²) in [7, 11) is -3.87. The van der Waals surface area contributed by atoms with Gasteiger partial charge in [0.2, 0.25) is 0 Å². The highest BCUT2D eigenvalue weighted by Gasteiger charge is 2.24. The Bertz CT molecular complexity index is 645. The number of ether oxygens (including phenoxy) is 1. The Morgan fingerprint density at radius 3 is 2.17 bits per heavy atom. The fourth-order valence-corrected chi connectivity index (χ4v) is 2.73. The van der Waals surface area contributed by atoms with Crippen molar-refractivity contribution in [1.82, 2.24) is 5.32 Å². The second-order valence-electron chi connectivity index (χ2n) is 7.05. The number of benzene rings is 1. The van der Waals surface area contributed by atoms with Gasteiger partial charge in [0.1, 0.15) is 5.60 Å². The lowest BCUT2D eigenvalue weighted by atomic mass is 10.1. The van der Waals surface area contributed by atoms with E-state index in [0.717, 1.165) is 5.56 Å². The molecule has 7 heteroatoms. The first kappa shape index (κ1) is 20.4. The van der Waals surface area contributed by atoms with Crippen molar-refractivity contribution >= 4 is 16.2 Å². The number of hydrogen-bond acceptors (Lipinski definition) is 5. The van der Waals surface area contributed by atoms with Crippen molar-refractivity contribution in [2.24, 2.45) is 5.92 Å². The van der Waals surface area contributed by atoms with E-state index in [1.54, 1.807) is 32.9 Å². The number of amides is 1. The maximum absolute atomic E-state index is 12.2. The van der Waals surface area contributed by atoms with Crippen LogP contribution in [-0.4, -0.2) is 32.8 Å². The molecule has 0 aromatic heterocycles. The lowest BCUT2D eigenvalue weighted by Gasteiger charge is -2.25. The van der Waals surface area contributed by atoms with E-state index in [0.29, 0.717) is 0 Å². The van der Waals surface area contributed by atoms with Gasteiger partial charge < -0.3 is 10.1 Å². The quantitative estimate of drug-likeness (QED) is 0.790. The molecule has 24 heavy (non-hydrogen) atoms. The zero-order chi connectivity index (χ0) is 18.5. The lowest BCUT2D eigenvalue weighted by Crippen LogP contribution is -2.44. The van der Waals surface area contributed by atoms with Gasteiger partial charge in [-0.2, -0.15) is 8.42 Å². The standard InChI is InChI=1S/C17H27NO5S/c1-12(2)15(18-16(19)23-17(4,5)6)11-22-24(20,21)14-9-7-13(3)8-10-14/h7-10,12,15H,11H2,1-6H3,(H,18,19). The van der Waals surface area contributed by atoms with Crippen LogP contribution in [0.25, 0.3) is 0 Å². The van der Waals surface area contributed by atoms with E-state index in [9.17, 15) is 13.2 Å². The molecule has 0 radical (unpaired) electrons. The van der Waals surface area contributed by atoms with E-state index in [-0.39, 0.29) is 17.4 Å². The Balaban J connectivity index is 2.72. The smallest absolute Gasteiger partial charge is 0.407 e. The molecule has 1 aromatic carbocycles. The fourth-order valence-electron chi connectivity index (χ4n) is 1.80. The van der Waals surface area contributed by atoms with Gasteiger partial charge in [0.15, 0.2) is 0 Å². The molecule has 1 atom stereocenters. The molecule has 0 aliphatic rings. The van der Waals surface area contributed by atoms with E-state index >= 15 is 0 Å². The number of carbonyl (C=O) groups is 1. The van der Waals surface area contributed by atoms with Crippen LogP contribution < -0.4 is 5.32 Å². The van der Waals surface area contributed by atoms with Crippen LogP contribution in [0.3, 0.4) is 0 Å². The normalized spacial score (nSPS) is 13.6. The van der Waals surface area contributed by atoms with E-state index in [1.807, 2.05) is 20.8 Å². The maximum Gasteiger partial charge on any atom is 0.407 e. The highest BCUT2D eigenvalue weighted by Crippen LogP contribution is 2.15. The van der Waals surface area contributed by atoms with E-state index < -0.39 is 27.9 Å². The Hall–Kier alpha value is -1.60. The van der Waals surface area contributed by atoms with Crippen molar-refractivity contribution in [3.05, 3.63) is 29.8 Å². The third-order valence-corrected chi connectivity index (χ3v) is 4.52. The summed E-state index contributed by atoms with van der Waals surface area (Å²) in [5.74, 6) is -0.0225. The van der Waals surface area contributed by atoms with Crippen LogP contribution in [0.1, 0.15) is 40.2 Å². The minimum absolute atomic E-state index is 0.0225. The second-order valence-corrected chi connectivity index (χ2v) is 8.66. The summed E-state index contributed by atoms with van der Waals surface area (Å²) in [5, 5.41) is 2.66. The van der Waals surface area contributed by atoms with Gasteiger partial charge in [-0.15, -0.1) is 0 Å². The Morgan fingerprint density at radius 2 is 1.71 bits per heavy atom. The summed E-state index contributed by atoms with van der Waals surface area (Å²) >= 11 is 0. The van der Waals surface area contributed by atoms with Gasteiger partial charge in [0, 0.05) is 0 Å². The molecule has 1 N–H and O–H groups in total. The van der Waals surface area contributed by atoms with Crippen LogP contribution in [0.4, 0.5) is 4.79 Å². The number of nitrogens with one attached hydrogen (secondary N) is 1. The van der Waals surface area contributed by atoms with Gasteiger partial charge in [-0.25, -0.2) is 4.79 Å². The highest BCUT2D eigenvalue weighted by molar-refractivity contribution is 7.86. The molecule has 1 aromatic rings. The summed E-state index contributed by atoms with van der Waals surface area (Å²) in [6, 6.07) is 5.91. The largest absolute Gasteiger partial charge is 0.444 e. The predicted octanol–water partition coefficient (Wildman–Crippen LogP) is 3.25. The van der Waals surface area contributed by atoms with Gasteiger partial charge in [-0.3, -0.25) is 4.18 Å². The monoisotopic (exact) mass is 357 g/mol. The van der Waals surface area contributed by atoms with Crippen molar-refractivity contribution in [2.45, 2.75) is 58.1 Å². The van der Waals surface area contributed by atoms with Crippen LogP contribution in [0.15, 0.2) is 29.2 Å². The van der Waals surface area contributed by atoms with Crippen LogP contribution in [0.5, 0.6) is 0 Å².